The van der Waals surface area contributed by atoms with Gasteiger partial charge in [-0.05, 0) is 427 Å². The highest BCUT2D eigenvalue weighted by atomic mass is 14.1. The molecule has 0 aliphatic carbocycles. The molecule has 0 radical (unpaired) electrons. The minimum atomic E-state index is 0.500. The molecular weight excluding hydrogens is 1180 g/mol. The molecule has 11 rings (SSSR count). The smallest absolute Gasteiger partial charge is 0.0123 e. The van der Waals surface area contributed by atoms with Gasteiger partial charge in [0.15, 0.2) is 0 Å². The van der Waals surface area contributed by atoms with E-state index in [1.54, 1.807) is 0 Å². The number of rotatable bonds is 0. The van der Waals surface area contributed by atoms with E-state index >= 15 is 0 Å². The van der Waals surface area contributed by atoms with Crippen LogP contribution in [-0.4, -0.2) is 0 Å². The van der Waals surface area contributed by atoms with Gasteiger partial charge in [0, 0.05) is 0 Å². The molecule has 11 aromatic rings. The van der Waals surface area contributed by atoms with Gasteiger partial charge in [-0.2, -0.15) is 0 Å². The fraction of sp³-hybridized carbons (Fsp3) is 0.388. The molecule has 0 aliphatic rings. The van der Waals surface area contributed by atoms with E-state index in [1.807, 2.05) is 0 Å². The predicted molar refractivity (Wildman–Crippen MR) is 447 cm³/mol. The van der Waals surface area contributed by atoms with Crippen LogP contribution < -0.4 is 0 Å². The molecule has 0 unspecified atom stereocenters. The van der Waals surface area contributed by atoms with Crippen molar-refractivity contribution in [1.29, 1.82) is 0 Å². The summed E-state index contributed by atoms with van der Waals surface area (Å²) in [6.07, 6.45) is 0. The van der Waals surface area contributed by atoms with Crippen LogP contribution in [0.2, 0.25) is 0 Å². The van der Waals surface area contributed by atoms with Crippen LogP contribution in [0, 0.1) is 206 Å². The predicted octanol–water partition coefficient (Wildman–Crippen LogP) is 29.8. The highest BCUT2D eigenvalue weighted by molar-refractivity contribution is 5.93. The van der Waals surface area contributed by atoms with Crippen LogP contribution in [0.3, 0.4) is 0 Å². The van der Waals surface area contributed by atoms with Gasteiger partial charge in [-0.15, -0.1) is 0 Å². The molecule has 0 saturated heterocycles. The van der Waals surface area contributed by atoms with Crippen LogP contribution in [-0.2, 0) is 0 Å². The maximum Gasteiger partial charge on any atom is -0.0123 e. The lowest BCUT2D eigenvalue weighted by molar-refractivity contribution is 0.469. The average Bonchev–Trinajstić information content (AvgIpc) is 0.810. The van der Waals surface area contributed by atoms with Crippen molar-refractivity contribution in [3.8, 4) is 0 Å². The normalized spacial score (nSPS) is 10.5. The van der Waals surface area contributed by atoms with Gasteiger partial charge in [0.2, 0.25) is 0 Å². The molecule has 0 spiro atoms. The molecule has 0 saturated carbocycles. The zero-order chi connectivity index (χ0) is 74.9. The third kappa shape index (κ3) is 24.0. The summed E-state index contributed by atoms with van der Waals surface area (Å²) in [5.74, 6) is 0. The molecule has 0 fully saturated rings. The first kappa shape index (κ1) is 84.4. The highest BCUT2D eigenvalue weighted by Gasteiger charge is 2.09. The Morgan fingerprint density at radius 2 is 0.500 bits per heavy atom. The summed E-state index contributed by atoms with van der Waals surface area (Å²) >= 11 is 0. The lowest BCUT2D eigenvalue weighted by Crippen LogP contribution is -1.93. The Bertz CT molecular complexity index is 4390. The zero-order valence-corrected chi connectivity index (χ0v) is 69.1. The standard InChI is InChI=1S/4C14H16.C11H16.2C10H14.C6H12.C5H12/c1-9-5-7-14-12(4)10(2)6-8-13(14)11(9)3;1-9-7-12(4)14-11(3)6-5-10(2)13(14)8-9;1-9-5-6-14-12(4)11(3)10(2)8-13(14)7-9;1-9-6-5-7-13-12(4)10(2)8-11(3)14(9)13;1-7-6-8(2)10(4)11(5)9(7)3;1-7-5-9(3)10(4)6-8(7)2;1-7-5-6-8(2)10(4)9(7)3;1-5(2)6(3)4;1-5(2,3)4/h4*5-8H,1-4H3;6H,1-5H3;2*5-6H,1-4H3;1-4H3;1-4H3. The van der Waals surface area contributed by atoms with Crippen molar-refractivity contribution in [2.45, 2.75) is 256 Å². The Kier molecular flexibility index (Phi) is 32.2. The van der Waals surface area contributed by atoms with Gasteiger partial charge in [0.05, 0.1) is 0 Å². The van der Waals surface area contributed by atoms with Crippen molar-refractivity contribution >= 4 is 43.1 Å². The second-order valence-electron chi connectivity index (χ2n) is 31.0. The van der Waals surface area contributed by atoms with Gasteiger partial charge in [-0.1, -0.05) is 177 Å². The number of benzene rings is 11. The Labute approximate surface area is 600 Å². The van der Waals surface area contributed by atoms with Crippen molar-refractivity contribution in [2.75, 3.05) is 0 Å². The van der Waals surface area contributed by atoms with Crippen LogP contribution in [0.25, 0.3) is 43.1 Å². The number of fused-ring (bicyclic) bond motifs is 4. The van der Waals surface area contributed by atoms with Crippen molar-refractivity contribution in [2.24, 2.45) is 5.41 Å². The van der Waals surface area contributed by atoms with Crippen LogP contribution in [0.1, 0.15) is 217 Å². The summed E-state index contributed by atoms with van der Waals surface area (Å²) in [6.45, 7) is 80.4. The third-order valence-electron chi connectivity index (χ3n) is 20.6. The maximum absolute atomic E-state index is 2.28. The topological polar surface area (TPSA) is 0 Å². The summed E-state index contributed by atoms with van der Waals surface area (Å²) in [6, 6.07) is 46.7. The monoisotopic (exact) mass is 1310 g/mol. The molecule has 98 heavy (non-hydrogen) atoms. The lowest BCUT2D eigenvalue weighted by Gasteiger charge is -2.11. The molecule has 0 amide bonds. The van der Waals surface area contributed by atoms with Gasteiger partial charge < -0.3 is 0 Å². The van der Waals surface area contributed by atoms with E-state index in [0.29, 0.717) is 5.41 Å². The second-order valence-corrected chi connectivity index (χ2v) is 31.0. The van der Waals surface area contributed by atoms with Gasteiger partial charge in [0.25, 0.3) is 0 Å². The van der Waals surface area contributed by atoms with Crippen molar-refractivity contribution in [1.82, 2.24) is 0 Å². The molecule has 0 nitrogen and oxygen atoms in total. The van der Waals surface area contributed by atoms with Crippen molar-refractivity contribution in [3.05, 3.63) is 300 Å². The van der Waals surface area contributed by atoms with Crippen LogP contribution >= 0.6 is 0 Å². The molecule has 11 aromatic carbocycles. The first-order valence-corrected chi connectivity index (χ1v) is 35.9. The average molecular weight is 1310 g/mol. The molecule has 0 N–H and O–H groups in total. The maximum atomic E-state index is 2.28. The molecule has 0 heterocycles. The minimum Gasteiger partial charge on any atom is -0.0778 e. The van der Waals surface area contributed by atoms with Crippen molar-refractivity contribution in [3.63, 3.8) is 0 Å². The molecule has 0 atom stereocenters. The van der Waals surface area contributed by atoms with Crippen LogP contribution in [0.15, 0.2) is 139 Å². The minimum absolute atomic E-state index is 0.500. The number of hydrogen-bond acceptors (Lipinski definition) is 0. The summed E-state index contributed by atoms with van der Waals surface area (Å²) < 4.78 is 0. The van der Waals surface area contributed by atoms with E-state index in [1.165, 1.54) is 216 Å². The van der Waals surface area contributed by atoms with E-state index in [-0.39, 0.29) is 0 Å². The molecule has 0 aromatic heterocycles. The van der Waals surface area contributed by atoms with E-state index in [0.717, 1.165) is 0 Å². The fourth-order valence-corrected chi connectivity index (χ4v) is 12.0. The summed E-state index contributed by atoms with van der Waals surface area (Å²) in [4.78, 5) is 0. The molecule has 0 aliphatic heterocycles. The molecular formula is C98H132. The first-order chi connectivity index (χ1) is 45.3. The highest BCUT2D eigenvalue weighted by Crippen LogP contribution is 2.31. The van der Waals surface area contributed by atoms with E-state index in [2.05, 4.69) is 384 Å². The van der Waals surface area contributed by atoms with E-state index in [4.69, 9.17) is 0 Å². The van der Waals surface area contributed by atoms with E-state index in [9.17, 15) is 0 Å². The zero-order valence-electron chi connectivity index (χ0n) is 69.1. The second kappa shape index (κ2) is 37.4. The lowest BCUT2D eigenvalue weighted by atomic mass is 9.94. The SMILES string of the molecule is CC(C)(C)C.CC(C)=C(C)C.Cc1cc(C)c(C)c(C)c1C.Cc1cc(C)c(C)cc1C.Cc1cc(C)c2c(C)ccc(C)c2c1.Cc1cc(C)c2c(C)cccc2c1C.Cc1ccc(C)c(C)c1C.Cc1ccc2c(C)c(C)c(C)cc2c1.Cc1ccc2c(C)c(C)ccc2c1C. The van der Waals surface area contributed by atoms with Crippen LogP contribution in [0.4, 0.5) is 0 Å². The van der Waals surface area contributed by atoms with Gasteiger partial charge in [0.1, 0.15) is 0 Å². The van der Waals surface area contributed by atoms with Gasteiger partial charge >= 0.3 is 0 Å². The molecule has 0 bridgehead atoms. The van der Waals surface area contributed by atoms with Gasteiger partial charge in [-0.25, -0.2) is 0 Å². The Morgan fingerprint density at radius 1 is 0.194 bits per heavy atom. The summed E-state index contributed by atoms with van der Waals surface area (Å²) in [7, 11) is 0. The largest absolute Gasteiger partial charge is 0.0778 e. The number of aryl methyl sites for hydroxylation is 23. The molecule has 0 heteroatoms. The Hall–Kier alpha value is -7.80. The Balaban J connectivity index is 0.000000291. The van der Waals surface area contributed by atoms with Gasteiger partial charge in [-0.3, -0.25) is 0 Å². The number of allylic oxidation sites excluding steroid dienone is 2. The van der Waals surface area contributed by atoms with Crippen LogP contribution in [0.5, 0.6) is 0 Å². The first-order valence-electron chi connectivity index (χ1n) is 35.9. The number of hydrogen-bond donors (Lipinski definition) is 0. The summed E-state index contributed by atoms with van der Waals surface area (Å²) in [5, 5.41) is 11.2. The Morgan fingerprint density at radius 3 is 0.949 bits per heavy atom. The third-order valence-corrected chi connectivity index (χ3v) is 20.6. The van der Waals surface area contributed by atoms with E-state index < -0.39 is 0 Å². The fourth-order valence-electron chi connectivity index (χ4n) is 12.0. The summed E-state index contributed by atoms with van der Waals surface area (Å²) in [5.41, 5.74) is 43.9. The molecule has 524 valence electrons. The van der Waals surface area contributed by atoms with Crippen molar-refractivity contribution < 1.29 is 0 Å². The quantitative estimate of drug-likeness (QED) is 0.133.